The minimum Gasteiger partial charge on any atom is -0.445 e. The van der Waals surface area contributed by atoms with Crippen LogP contribution < -0.4 is 0 Å². The third kappa shape index (κ3) is 4.59. The summed E-state index contributed by atoms with van der Waals surface area (Å²) >= 11 is 0. The summed E-state index contributed by atoms with van der Waals surface area (Å²) in [6, 6.07) is 18.4. The predicted octanol–water partition coefficient (Wildman–Crippen LogP) is 3.45. The molecule has 126 valence electrons. The number of aryl methyl sites for hydroxylation is 1. The number of nitrogens with zero attached hydrogens (tertiary/aromatic N) is 2. The summed E-state index contributed by atoms with van der Waals surface area (Å²) in [5.41, 5.74) is 3.63. The average molecular weight is 324 g/mol. The molecule has 0 spiro atoms. The first-order valence-electron chi connectivity index (χ1n) is 8.44. The molecular weight excluding hydrogens is 300 g/mol. The number of benzene rings is 2. The van der Waals surface area contributed by atoms with Gasteiger partial charge in [-0.15, -0.1) is 0 Å². The predicted molar refractivity (Wildman–Crippen MR) is 94.7 cm³/mol. The van der Waals surface area contributed by atoms with E-state index in [0.717, 1.165) is 38.3 Å². The van der Waals surface area contributed by atoms with Crippen LogP contribution in [-0.2, 0) is 17.9 Å². The van der Waals surface area contributed by atoms with Gasteiger partial charge in [-0.1, -0.05) is 60.2 Å². The fourth-order valence-electron chi connectivity index (χ4n) is 2.97. The van der Waals surface area contributed by atoms with Crippen molar-refractivity contribution < 1.29 is 9.53 Å². The van der Waals surface area contributed by atoms with Gasteiger partial charge in [0.05, 0.1) is 0 Å². The van der Waals surface area contributed by atoms with Gasteiger partial charge >= 0.3 is 6.09 Å². The molecule has 1 fully saturated rings. The first-order chi connectivity index (χ1) is 11.7. The maximum Gasteiger partial charge on any atom is 0.410 e. The topological polar surface area (TPSA) is 32.8 Å². The summed E-state index contributed by atoms with van der Waals surface area (Å²) in [6.45, 7) is 6.60. The first-order valence-corrected chi connectivity index (χ1v) is 8.44. The zero-order valence-corrected chi connectivity index (χ0v) is 14.1. The van der Waals surface area contributed by atoms with Crippen LogP contribution in [0.2, 0.25) is 0 Å². The Morgan fingerprint density at radius 3 is 2.38 bits per heavy atom. The summed E-state index contributed by atoms with van der Waals surface area (Å²) in [5, 5.41) is 0. The van der Waals surface area contributed by atoms with Gasteiger partial charge in [-0.25, -0.2) is 4.79 Å². The number of carbonyl (C=O) groups excluding carboxylic acids is 1. The molecule has 0 unspecified atom stereocenters. The number of ether oxygens (including phenoxy) is 1. The largest absolute Gasteiger partial charge is 0.445 e. The van der Waals surface area contributed by atoms with E-state index in [4.69, 9.17) is 4.74 Å². The molecule has 2 aromatic rings. The second-order valence-corrected chi connectivity index (χ2v) is 6.29. The molecule has 2 aromatic carbocycles. The van der Waals surface area contributed by atoms with Crippen LogP contribution in [0.25, 0.3) is 0 Å². The third-order valence-corrected chi connectivity index (χ3v) is 4.32. The molecule has 1 aliphatic heterocycles. The Kier molecular flexibility index (Phi) is 5.49. The molecule has 24 heavy (non-hydrogen) atoms. The normalized spacial score (nSPS) is 15.3. The van der Waals surface area contributed by atoms with Crippen LogP contribution in [-0.4, -0.2) is 42.1 Å². The summed E-state index contributed by atoms with van der Waals surface area (Å²) < 4.78 is 5.41. The van der Waals surface area contributed by atoms with E-state index in [9.17, 15) is 4.79 Å². The number of hydrogen-bond acceptors (Lipinski definition) is 3. The molecule has 0 aliphatic carbocycles. The van der Waals surface area contributed by atoms with Crippen molar-refractivity contribution in [2.75, 3.05) is 26.2 Å². The molecule has 4 nitrogen and oxygen atoms in total. The van der Waals surface area contributed by atoms with Crippen molar-refractivity contribution in [3.8, 4) is 0 Å². The molecule has 1 saturated heterocycles. The van der Waals surface area contributed by atoms with Gasteiger partial charge in [0.15, 0.2) is 0 Å². The Morgan fingerprint density at radius 1 is 0.958 bits per heavy atom. The van der Waals surface area contributed by atoms with Gasteiger partial charge in [0.1, 0.15) is 6.61 Å². The SMILES string of the molecule is Cc1cccc(CN2CCN(C(=O)OCc3ccccc3)CC2)c1. The first kappa shape index (κ1) is 16.5. The fourth-order valence-corrected chi connectivity index (χ4v) is 2.97. The third-order valence-electron chi connectivity index (χ3n) is 4.32. The lowest BCUT2D eigenvalue weighted by Gasteiger charge is -2.34. The minimum absolute atomic E-state index is 0.214. The van der Waals surface area contributed by atoms with E-state index in [0.29, 0.717) is 6.61 Å². The van der Waals surface area contributed by atoms with Crippen LogP contribution in [0.1, 0.15) is 16.7 Å². The second-order valence-electron chi connectivity index (χ2n) is 6.29. The fraction of sp³-hybridized carbons (Fsp3) is 0.350. The second kappa shape index (κ2) is 7.97. The van der Waals surface area contributed by atoms with Crippen LogP contribution in [0.15, 0.2) is 54.6 Å². The van der Waals surface area contributed by atoms with Gasteiger partial charge in [0.2, 0.25) is 0 Å². The van der Waals surface area contributed by atoms with E-state index in [1.54, 1.807) is 4.90 Å². The van der Waals surface area contributed by atoms with Crippen molar-refractivity contribution in [1.82, 2.24) is 9.80 Å². The zero-order chi connectivity index (χ0) is 16.8. The molecule has 1 amide bonds. The molecule has 0 N–H and O–H groups in total. The van der Waals surface area contributed by atoms with E-state index < -0.39 is 0 Å². The Labute approximate surface area is 143 Å². The van der Waals surface area contributed by atoms with Gasteiger partial charge in [0.25, 0.3) is 0 Å². The van der Waals surface area contributed by atoms with Gasteiger partial charge in [-0.2, -0.15) is 0 Å². The number of rotatable bonds is 4. The zero-order valence-electron chi connectivity index (χ0n) is 14.1. The van der Waals surface area contributed by atoms with Crippen molar-refractivity contribution in [3.63, 3.8) is 0 Å². The van der Waals surface area contributed by atoms with Gasteiger partial charge in [-0.3, -0.25) is 4.90 Å². The molecule has 3 rings (SSSR count). The van der Waals surface area contributed by atoms with E-state index in [2.05, 4.69) is 36.1 Å². The van der Waals surface area contributed by atoms with Gasteiger partial charge < -0.3 is 9.64 Å². The van der Waals surface area contributed by atoms with Crippen LogP contribution in [0.3, 0.4) is 0 Å². The molecule has 4 heteroatoms. The molecular formula is C20H24N2O2. The average Bonchev–Trinajstić information content (AvgIpc) is 2.61. The quantitative estimate of drug-likeness (QED) is 0.863. The smallest absolute Gasteiger partial charge is 0.410 e. The van der Waals surface area contributed by atoms with Crippen molar-refractivity contribution in [3.05, 3.63) is 71.3 Å². The molecule has 1 heterocycles. The van der Waals surface area contributed by atoms with Gasteiger partial charge in [0, 0.05) is 32.7 Å². The van der Waals surface area contributed by atoms with E-state index in [-0.39, 0.29) is 6.09 Å². The summed E-state index contributed by atoms with van der Waals surface area (Å²) in [4.78, 5) is 16.4. The Bertz CT molecular complexity index is 664. The van der Waals surface area contributed by atoms with Crippen LogP contribution in [0.5, 0.6) is 0 Å². The standard InChI is InChI=1S/C20H24N2O2/c1-17-6-5-9-19(14-17)15-21-10-12-22(13-11-21)20(23)24-16-18-7-3-2-4-8-18/h2-9,14H,10-13,15-16H2,1H3. The van der Waals surface area contributed by atoms with Crippen LogP contribution in [0.4, 0.5) is 4.79 Å². The van der Waals surface area contributed by atoms with Crippen molar-refractivity contribution in [1.29, 1.82) is 0 Å². The highest BCUT2D eigenvalue weighted by atomic mass is 16.6. The van der Waals surface area contributed by atoms with E-state index in [1.165, 1.54) is 11.1 Å². The number of carbonyl (C=O) groups is 1. The van der Waals surface area contributed by atoms with Crippen LogP contribution >= 0.6 is 0 Å². The summed E-state index contributed by atoms with van der Waals surface area (Å²) in [5.74, 6) is 0. The summed E-state index contributed by atoms with van der Waals surface area (Å²) in [7, 11) is 0. The molecule has 0 bridgehead atoms. The lowest BCUT2D eigenvalue weighted by atomic mass is 10.1. The Morgan fingerprint density at radius 2 is 1.67 bits per heavy atom. The molecule has 0 atom stereocenters. The Balaban J connectivity index is 1.43. The maximum absolute atomic E-state index is 12.2. The summed E-state index contributed by atoms with van der Waals surface area (Å²) in [6.07, 6.45) is -0.214. The van der Waals surface area contributed by atoms with Crippen molar-refractivity contribution >= 4 is 6.09 Å². The highest BCUT2D eigenvalue weighted by Crippen LogP contribution is 2.11. The Hall–Kier alpha value is -2.33. The number of hydrogen-bond donors (Lipinski definition) is 0. The highest BCUT2D eigenvalue weighted by Gasteiger charge is 2.22. The molecule has 1 aliphatic rings. The van der Waals surface area contributed by atoms with Crippen molar-refractivity contribution in [2.24, 2.45) is 0 Å². The van der Waals surface area contributed by atoms with Crippen molar-refractivity contribution in [2.45, 2.75) is 20.1 Å². The number of amides is 1. The highest BCUT2D eigenvalue weighted by molar-refractivity contribution is 5.67. The van der Waals surface area contributed by atoms with Gasteiger partial charge in [-0.05, 0) is 18.1 Å². The lowest BCUT2D eigenvalue weighted by Crippen LogP contribution is -2.48. The maximum atomic E-state index is 12.2. The molecule has 0 radical (unpaired) electrons. The van der Waals surface area contributed by atoms with Crippen LogP contribution in [0, 0.1) is 6.92 Å². The number of piperazine rings is 1. The van der Waals surface area contributed by atoms with E-state index in [1.807, 2.05) is 30.3 Å². The lowest BCUT2D eigenvalue weighted by molar-refractivity contribution is 0.0700. The molecule has 0 saturated carbocycles. The van der Waals surface area contributed by atoms with E-state index >= 15 is 0 Å². The minimum atomic E-state index is -0.214. The molecule has 0 aromatic heterocycles. The monoisotopic (exact) mass is 324 g/mol.